The largest absolute Gasteiger partial charge is 0.477 e. The Morgan fingerprint density at radius 1 is 1.17 bits per heavy atom. The van der Waals surface area contributed by atoms with Crippen molar-refractivity contribution in [1.29, 1.82) is 0 Å². The molecular weight excluding hydrogens is 368 g/mol. The molecule has 0 spiro atoms. The van der Waals surface area contributed by atoms with Gasteiger partial charge in [-0.3, -0.25) is 0 Å². The molecule has 0 bridgehead atoms. The van der Waals surface area contributed by atoms with Crippen molar-refractivity contribution in [2.24, 2.45) is 7.05 Å². The molecule has 0 aliphatic carbocycles. The predicted molar refractivity (Wildman–Crippen MR) is 110 cm³/mol. The lowest BCUT2D eigenvalue weighted by Crippen LogP contribution is -1.99. The molecule has 0 saturated heterocycles. The van der Waals surface area contributed by atoms with Crippen LogP contribution in [-0.2, 0) is 7.05 Å². The number of ether oxygens (including phenoxy) is 1. The number of imidazole rings is 1. The topological polar surface area (TPSA) is 89.3 Å². The van der Waals surface area contributed by atoms with Gasteiger partial charge in [0.25, 0.3) is 0 Å². The van der Waals surface area contributed by atoms with E-state index in [1.54, 1.807) is 18.2 Å². The number of aromatic carboxylic acids is 1. The lowest BCUT2D eigenvalue weighted by Gasteiger charge is -2.07. The quantitative estimate of drug-likeness (QED) is 0.502. The highest BCUT2D eigenvalue weighted by Crippen LogP contribution is 2.28. The maximum absolute atomic E-state index is 11.1. The second kappa shape index (κ2) is 7.37. The number of hydrogen-bond acceptors (Lipinski definition) is 5. The lowest BCUT2D eigenvalue weighted by molar-refractivity contribution is 0.0690. The predicted octanol–water partition coefficient (Wildman–Crippen LogP) is 4.18. The fourth-order valence-corrected chi connectivity index (χ4v) is 2.90. The van der Waals surface area contributed by atoms with Gasteiger partial charge in [0.1, 0.15) is 11.5 Å². The van der Waals surface area contributed by atoms with Gasteiger partial charge in [-0.25, -0.2) is 14.8 Å². The number of pyridine rings is 1. The molecule has 2 heterocycles. The highest BCUT2D eigenvalue weighted by Gasteiger charge is 2.11. The number of carboxylic acids is 1. The number of hydrogen-bond donors (Lipinski definition) is 2. The Bertz CT molecular complexity index is 1270. The first kappa shape index (κ1) is 18.1. The van der Waals surface area contributed by atoms with Crippen LogP contribution in [0.25, 0.3) is 11.0 Å². The van der Waals surface area contributed by atoms with Crippen LogP contribution in [-0.4, -0.2) is 25.6 Å². The van der Waals surface area contributed by atoms with Crippen LogP contribution in [0.5, 0.6) is 11.5 Å². The minimum absolute atomic E-state index is 0.0814. The van der Waals surface area contributed by atoms with Crippen molar-refractivity contribution in [3.05, 3.63) is 72.1 Å². The van der Waals surface area contributed by atoms with E-state index in [4.69, 9.17) is 16.3 Å². The summed E-state index contributed by atoms with van der Waals surface area (Å²) >= 11 is 0. The van der Waals surface area contributed by atoms with E-state index in [2.05, 4.69) is 21.2 Å². The van der Waals surface area contributed by atoms with Gasteiger partial charge >= 0.3 is 5.97 Å². The number of carboxylic acid groups (broad SMARTS) is 1. The molecule has 0 aliphatic heterocycles. The molecule has 4 aromatic rings. The van der Waals surface area contributed by atoms with Crippen LogP contribution < -0.4 is 10.1 Å². The van der Waals surface area contributed by atoms with Crippen molar-refractivity contribution < 1.29 is 14.6 Å². The Kier molecular flexibility index (Phi) is 4.59. The van der Waals surface area contributed by atoms with E-state index in [0.717, 1.165) is 22.3 Å². The van der Waals surface area contributed by atoms with E-state index in [9.17, 15) is 4.79 Å². The Morgan fingerprint density at radius 2 is 2.00 bits per heavy atom. The molecule has 0 amide bonds. The maximum Gasteiger partial charge on any atom is 0.354 e. The van der Waals surface area contributed by atoms with Crippen molar-refractivity contribution in [1.82, 2.24) is 14.5 Å². The summed E-state index contributed by atoms with van der Waals surface area (Å²) in [6.07, 6.45) is 6.85. The summed E-state index contributed by atoms with van der Waals surface area (Å²) in [7, 11) is 1.91. The third kappa shape index (κ3) is 3.73. The van der Waals surface area contributed by atoms with Crippen LogP contribution >= 0.6 is 0 Å². The highest BCUT2D eigenvalue weighted by atomic mass is 16.5. The third-order valence-electron chi connectivity index (χ3n) is 4.32. The van der Waals surface area contributed by atoms with Gasteiger partial charge in [-0.1, -0.05) is 12.0 Å². The zero-order valence-electron chi connectivity index (χ0n) is 15.5. The first-order valence-corrected chi connectivity index (χ1v) is 8.71. The Hall–Kier alpha value is -4.31. The molecule has 0 fully saturated rings. The van der Waals surface area contributed by atoms with Gasteiger partial charge in [-0.05, 0) is 36.4 Å². The summed E-state index contributed by atoms with van der Waals surface area (Å²) in [4.78, 5) is 19.5. The molecule has 2 N–H and O–H groups in total. The average molecular weight is 384 g/mol. The molecule has 0 radical (unpaired) electrons. The summed E-state index contributed by atoms with van der Waals surface area (Å²) in [5.41, 5.74) is 3.18. The van der Waals surface area contributed by atoms with Crippen LogP contribution in [0.4, 0.5) is 11.6 Å². The van der Waals surface area contributed by atoms with Crippen LogP contribution in [0.1, 0.15) is 16.1 Å². The van der Waals surface area contributed by atoms with Crippen LogP contribution in [0.2, 0.25) is 0 Å². The summed E-state index contributed by atoms with van der Waals surface area (Å²) in [6.45, 7) is 0. The molecule has 7 heteroatoms. The van der Waals surface area contributed by atoms with Crippen LogP contribution in [0.15, 0.2) is 60.8 Å². The van der Waals surface area contributed by atoms with Gasteiger partial charge < -0.3 is 19.7 Å². The summed E-state index contributed by atoms with van der Waals surface area (Å²) in [5, 5.41) is 12.3. The van der Waals surface area contributed by atoms with Crippen molar-refractivity contribution >= 4 is 28.6 Å². The first-order valence-electron chi connectivity index (χ1n) is 8.71. The molecule has 29 heavy (non-hydrogen) atoms. The number of carbonyl (C=O) groups is 1. The molecule has 0 aliphatic rings. The van der Waals surface area contributed by atoms with Gasteiger partial charge in [-0.15, -0.1) is 6.42 Å². The molecule has 0 atom stereocenters. The molecule has 4 rings (SSSR count). The number of fused-ring (bicyclic) bond motifs is 1. The number of nitrogens with one attached hydrogen (secondary N) is 1. The minimum atomic E-state index is -1.11. The molecule has 2 aromatic carbocycles. The third-order valence-corrected chi connectivity index (χ3v) is 4.32. The zero-order valence-corrected chi connectivity index (χ0v) is 15.5. The van der Waals surface area contributed by atoms with Gasteiger partial charge in [0, 0.05) is 36.6 Å². The number of nitrogens with zero attached hydrogens (tertiary/aromatic N) is 3. The van der Waals surface area contributed by atoms with E-state index in [1.807, 2.05) is 41.9 Å². The number of aryl methyl sites for hydroxylation is 1. The van der Waals surface area contributed by atoms with Crippen molar-refractivity contribution in [2.45, 2.75) is 0 Å². The summed E-state index contributed by atoms with van der Waals surface area (Å²) < 4.78 is 7.71. The summed E-state index contributed by atoms with van der Waals surface area (Å²) in [6, 6.07) is 16.0. The molecule has 7 nitrogen and oxygen atoms in total. The zero-order chi connectivity index (χ0) is 20.4. The average Bonchev–Trinajstić information content (AvgIpc) is 3.03. The second-order valence-electron chi connectivity index (χ2n) is 6.28. The van der Waals surface area contributed by atoms with Gasteiger partial charge in [0.15, 0.2) is 5.69 Å². The van der Waals surface area contributed by atoms with Crippen LogP contribution in [0.3, 0.4) is 0 Å². The van der Waals surface area contributed by atoms with Gasteiger partial charge in [-0.2, -0.15) is 0 Å². The van der Waals surface area contributed by atoms with E-state index < -0.39 is 5.97 Å². The second-order valence-corrected chi connectivity index (χ2v) is 6.28. The van der Waals surface area contributed by atoms with Crippen molar-refractivity contribution in [2.75, 3.05) is 5.32 Å². The normalized spacial score (nSPS) is 10.5. The number of terminal acetylenes is 1. The number of aromatic nitrogens is 3. The van der Waals surface area contributed by atoms with Crippen molar-refractivity contribution in [3.8, 4) is 23.8 Å². The van der Waals surface area contributed by atoms with Crippen LogP contribution in [0, 0.1) is 12.3 Å². The SMILES string of the molecule is C#Cc1cccc(Nc2nc3cc(Oc4ccnc(C(=O)O)c4)ccc3n2C)c1. The number of benzene rings is 2. The molecule has 142 valence electrons. The summed E-state index contributed by atoms with van der Waals surface area (Å²) in [5.74, 6) is 3.08. The fourth-order valence-electron chi connectivity index (χ4n) is 2.90. The van der Waals surface area contributed by atoms with E-state index in [-0.39, 0.29) is 5.69 Å². The molecule has 0 unspecified atom stereocenters. The molecular formula is C22H16N4O3. The Balaban J connectivity index is 1.62. The molecule has 2 aromatic heterocycles. The maximum atomic E-state index is 11.1. The smallest absolute Gasteiger partial charge is 0.354 e. The Labute approximate surface area is 166 Å². The first-order chi connectivity index (χ1) is 14.0. The van der Waals surface area contributed by atoms with E-state index in [0.29, 0.717) is 17.4 Å². The lowest BCUT2D eigenvalue weighted by atomic mass is 10.2. The number of rotatable bonds is 5. The van der Waals surface area contributed by atoms with Crippen molar-refractivity contribution in [3.63, 3.8) is 0 Å². The van der Waals surface area contributed by atoms with E-state index >= 15 is 0 Å². The standard InChI is InChI=1S/C22H16N4O3/c1-3-14-5-4-6-15(11-14)24-22-25-18-12-16(7-8-20(18)26(22)2)29-17-9-10-23-19(13-17)21(27)28/h1,4-13H,2H3,(H,24,25)(H,27,28). The van der Waals surface area contributed by atoms with Gasteiger partial charge in [0.05, 0.1) is 11.0 Å². The highest BCUT2D eigenvalue weighted by molar-refractivity contribution is 5.85. The Morgan fingerprint density at radius 3 is 2.79 bits per heavy atom. The van der Waals surface area contributed by atoms with E-state index in [1.165, 1.54) is 12.3 Å². The minimum Gasteiger partial charge on any atom is -0.477 e. The number of anilines is 2. The van der Waals surface area contributed by atoms with Gasteiger partial charge in [0.2, 0.25) is 5.95 Å². The fraction of sp³-hybridized carbons (Fsp3) is 0.0455. The molecule has 0 saturated carbocycles. The monoisotopic (exact) mass is 384 g/mol.